The predicted molar refractivity (Wildman–Crippen MR) is 64.5 cm³/mol. The predicted octanol–water partition coefficient (Wildman–Crippen LogP) is 1.51. The van der Waals surface area contributed by atoms with Gasteiger partial charge in [0.1, 0.15) is 11.7 Å². The zero-order valence-electron chi connectivity index (χ0n) is 10.1. The molecule has 1 amide bonds. The van der Waals surface area contributed by atoms with Crippen LogP contribution < -0.4 is 10.1 Å². The second-order valence-corrected chi connectivity index (χ2v) is 3.70. The monoisotopic (exact) mass is 232 g/mol. The third-order valence-electron chi connectivity index (χ3n) is 2.47. The van der Waals surface area contributed by atoms with Gasteiger partial charge in [-0.05, 0) is 25.0 Å². The summed E-state index contributed by atoms with van der Waals surface area (Å²) in [5, 5.41) is 11.3. The summed E-state index contributed by atoms with van der Waals surface area (Å²) in [5.41, 5.74) is 1.04. The molecule has 0 aliphatic carbocycles. The Bertz CT molecular complexity index is 424. The number of nitrogens with one attached hydrogen (secondary N) is 1. The van der Waals surface area contributed by atoms with Gasteiger partial charge in [0.05, 0.1) is 13.2 Å². The number of benzene rings is 1. The summed E-state index contributed by atoms with van der Waals surface area (Å²) in [5.74, 6) is -0.0230. The molecular weight excluding hydrogens is 216 g/mol. The SMILES string of the molecule is COc1ccccc1CCNC(=O)C(C)C#N. The van der Waals surface area contributed by atoms with Crippen LogP contribution in [0.25, 0.3) is 0 Å². The maximum Gasteiger partial charge on any atom is 0.237 e. The quantitative estimate of drug-likeness (QED) is 0.837. The lowest BCUT2D eigenvalue weighted by Crippen LogP contribution is -2.30. The van der Waals surface area contributed by atoms with E-state index in [-0.39, 0.29) is 5.91 Å². The molecule has 1 rings (SSSR count). The van der Waals surface area contributed by atoms with Crippen molar-refractivity contribution in [2.75, 3.05) is 13.7 Å². The first-order valence-corrected chi connectivity index (χ1v) is 5.48. The van der Waals surface area contributed by atoms with Crippen molar-refractivity contribution in [2.24, 2.45) is 5.92 Å². The maximum atomic E-state index is 11.4. The number of nitriles is 1. The van der Waals surface area contributed by atoms with E-state index >= 15 is 0 Å². The molecule has 0 bridgehead atoms. The van der Waals surface area contributed by atoms with Crippen molar-refractivity contribution in [1.29, 1.82) is 5.26 Å². The summed E-state index contributed by atoms with van der Waals surface area (Å²) >= 11 is 0. The normalized spacial score (nSPS) is 11.4. The minimum atomic E-state index is -0.604. The molecule has 0 aromatic heterocycles. The molecule has 0 fully saturated rings. The Kier molecular flexibility index (Phi) is 5.02. The van der Waals surface area contributed by atoms with E-state index in [1.807, 2.05) is 30.3 Å². The van der Waals surface area contributed by atoms with Crippen molar-refractivity contribution in [3.8, 4) is 11.8 Å². The summed E-state index contributed by atoms with van der Waals surface area (Å²) in [4.78, 5) is 11.4. The molecule has 17 heavy (non-hydrogen) atoms. The van der Waals surface area contributed by atoms with Crippen LogP contribution in [0.2, 0.25) is 0 Å². The van der Waals surface area contributed by atoms with Crippen LogP contribution >= 0.6 is 0 Å². The van der Waals surface area contributed by atoms with Crippen LogP contribution in [0.3, 0.4) is 0 Å². The van der Waals surface area contributed by atoms with Gasteiger partial charge in [0.15, 0.2) is 0 Å². The van der Waals surface area contributed by atoms with Gasteiger partial charge in [-0.3, -0.25) is 4.79 Å². The summed E-state index contributed by atoms with van der Waals surface area (Å²) in [7, 11) is 1.62. The number of carbonyl (C=O) groups excluding carboxylic acids is 1. The highest BCUT2D eigenvalue weighted by Gasteiger charge is 2.10. The van der Waals surface area contributed by atoms with E-state index in [0.717, 1.165) is 11.3 Å². The lowest BCUT2D eigenvalue weighted by Gasteiger charge is -2.09. The number of ether oxygens (including phenoxy) is 1. The number of carbonyl (C=O) groups is 1. The van der Waals surface area contributed by atoms with Gasteiger partial charge in [-0.25, -0.2) is 0 Å². The van der Waals surface area contributed by atoms with Crippen molar-refractivity contribution in [1.82, 2.24) is 5.32 Å². The Morgan fingerprint density at radius 3 is 2.88 bits per heavy atom. The Morgan fingerprint density at radius 2 is 2.24 bits per heavy atom. The van der Waals surface area contributed by atoms with Gasteiger partial charge in [-0.15, -0.1) is 0 Å². The molecule has 1 aromatic carbocycles. The number of hydrogen-bond donors (Lipinski definition) is 1. The molecule has 4 nitrogen and oxygen atoms in total. The van der Waals surface area contributed by atoms with Crippen LogP contribution in [-0.4, -0.2) is 19.6 Å². The van der Waals surface area contributed by atoms with Crippen LogP contribution in [0.15, 0.2) is 24.3 Å². The average Bonchev–Trinajstić information content (AvgIpc) is 2.38. The van der Waals surface area contributed by atoms with Crippen molar-refractivity contribution in [3.63, 3.8) is 0 Å². The number of methoxy groups -OCH3 is 1. The number of para-hydroxylation sites is 1. The first-order chi connectivity index (χ1) is 8.19. The second kappa shape index (κ2) is 6.54. The fraction of sp³-hybridized carbons (Fsp3) is 0.385. The van der Waals surface area contributed by atoms with Crippen molar-refractivity contribution in [2.45, 2.75) is 13.3 Å². The van der Waals surface area contributed by atoms with Crippen molar-refractivity contribution < 1.29 is 9.53 Å². The lowest BCUT2D eigenvalue weighted by atomic mass is 10.1. The lowest BCUT2D eigenvalue weighted by molar-refractivity contribution is -0.122. The zero-order chi connectivity index (χ0) is 12.7. The fourth-order valence-corrected chi connectivity index (χ4v) is 1.44. The highest BCUT2D eigenvalue weighted by atomic mass is 16.5. The largest absolute Gasteiger partial charge is 0.496 e. The number of hydrogen-bond acceptors (Lipinski definition) is 3. The second-order valence-electron chi connectivity index (χ2n) is 3.70. The summed E-state index contributed by atoms with van der Waals surface area (Å²) in [6, 6.07) is 9.57. The number of amides is 1. The molecule has 1 unspecified atom stereocenters. The van der Waals surface area contributed by atoms with Gasteiger partial charge in [-0.2, -0.15) is 5.26 Å². The van der Waals surface area contributed by atoms with E-state index in [4.69, 9.17) is 10.00 Å². The van der Waals surface area contributed by atoms with Gasteiger partial charge in [0, 0.05) is 6.54 Å². The van der Waals surface area contributed by atoms with E-state index in [2.05, 4.69) is 5.32 Å². The molecule has 0 spiro atoms. The van der Waals surface area contributed by atoms with Crippen molar-refractivity contribution in [3.05, 3.63) is 29.8 Å². The Hall–Kier alpha value is -2.02. The van der Waals surface area contributed by atoms with Crippen LogP contribution in [0.5, 0.6) is 5.75 Å². The van der Waals surface area contributed by atoms with E-state index < -0.39 is 5.92 Å². The maximum absolute atomic E-state index is 11.4. The summed E-state index contributed by atoms with van der Waals surface area (Å²) in [6.45, 7) is 2.09. The van der Waals surface area contributed by atoms with E-state index in [1.54, 1.807) is 14.0 Å². The molecule has 0 aliphatic rings. The molecule has 1 aromatic rings. The Labute approximate surface area is 101 Å². The van der Waals surface area contributed by atoms with Gasteiger partial charge < -0.3 is 10.1 Å². The molecule has 0 radical (unpaired) electrons. The number of rotatable bonds is 5. The van der Waals surface area contributed by atoms with Gasteiger partial charge in [0.2, 0.25) is 5.91 Å². The van der Waals surface area contributed by atoms with E-state index in [1.165, 1.54) is 0 Å². The zero-order valence-corrected chi connectivity index (χ0v) is 10.1. The molecule has 4 heteroatoms. The van der Waals surface area contributed by atoms with Gasteiger partial charge >= 0.3 is 0 Å². The summed E-state index contributed by atoms with van der Waals surface area (Å²) < 4.78 is 5.21. The highest BCUT2D eigenvalue weighted by molar-refractivity contribution is 5.80. The molecular formula is C13H16N2O2. The van der Waals surface area contributed by atoms with Crippen LogP contribution in [0.4, 0.5) is 0 Å². The minimum Gasteiger partial charge on any atom is -0.496 e. The third-order valence-corrected chi connectivity index (χ3v) is 2.47. The highest BCUT2D eigenvalue weighted by Crippen LogP contribution is 2.17. The van der Waals surface area contributed by atoms with Crippen LogP contribution in [0, 0.1) is 17.2 Å². The Morgan fingerprint density at radius 1 is 1.53 bits per heavy atom. The first-order valence-electron chi connectivity index (χ1n) is 5.48. The van der Waals surface area contributed by atoms with Gasteiger partial charge in [0.25, 0.3) is 0 Å². The number of nitrogens with zero attached hydrogens (tertiary/aromatic N) is 1. The standard InChI is InChI=1S/C13H16N2O2/c1-10(9-14)13(16)15-8-7-11-5-3-4-6-12(11)17-2/h3-6,10H,7-8H2,1-2H3,(H,15,16). The fourth-order valence-electron chi connectivity index (χ4n) is 1.44. The van der Waals surface area contributed by atoms with E-state index in [0.29, 0.717) is 13.0 Å². The molecule has 90 valence electrons. The van der Waals surface area contributed by atoms with E-state index in [9.17, 15) is 4.79 Å². The third kappa shape index (κ3) is 3.80. The molecule has 0 saturated carbocycles. The molecule has 0 saturated heterocycles. The molecule has 1 N–H and O–H groups in total. The average molecular weight is 232 g/mol. The van der Waals surface area contributed by atoms with Crippen molar-refractivity contribution >= 4 is 5.91 Å². The minimum absolute atomic E-state index is 0.234. The van der Waals surface area contributed by atoms with Crippen LogP contribution in [-0.2, 0) is 11.2 Å². The first kappa shape index (κ1) is 13.0. The summed E-state index contributed by atoms with van der Waals surface area (Å²) in [6.07, 6.45) is 0.688. The van der Waals surface area contributed by atoms with Crippen LogP contribution in [0.1, 0.15) is 12.5 Å². The molecule has 0 heterocycles. The van der Waals surface area contributed by atoms with Gasteiger partial charge in [-0.1, -0.05) is 18.2 Å². The molecule has 0 aliphatic heterocycles. The Balaban J connectivity index is 2.46. The smallest absolute Gasteiger partial charge is 0.237 e. The molecule has 1 atom stereocenters. The topological polar surface area (TPSA) is 62.1 Å².